The summed E-state index contributed by atoms with van der Waals surface area (Å²) in [6, 6.07) is 0.147. The van der Waals surface area contributed by atoms with Gasteiger partial charge < -0.3 is 24.4 Å². The second-order valence-electron chi connectivity index (χ2n) is 8.16. The molecule has 19 heteroatoms. The second-order valence-corrected chi connectivity index (χ2v) is 8.16. The Kier molecular flexibility index (Phi) is 10.4. The molecule has 1 saturated heterocycles. The lowest BCUT2D eigenvalue weighted by molar-refractivity contribution is -0.193. The van der Waals surface area contributed by atoms with Crippen molar-refractivity contribution in [3.8, 4) is 0 Å². The number of piperazine rings is 1. The van der Waals surface area contributed by atoms with Crippen LogP contribution in [0.3, 0.4) is 0 Å². The van der Waals surface area contributed by atoms with Gasteiger partial charge in [-0.25, -0.2) is 19.6 Å². The van der Waals surface area contributed by atoms with E-state index in [0.29, 0.717) is 19.7 Å². The van der Waals surface area contributed by atoms with Gasteiger partial charge in [0.05, 0.1) is 24.7 Å². The molecule has 2 aromatic rings. The van der Waals surface area contributed by atoms with Crippen LogP contribution in [-0.4, -0.2) is 114 Å². The number of halogens is 6. The molecule has 0 spiro atoms. The Labute approximate surface area is 216 Å². The lowest BCUT2D eigenvalue weighted by atomic mass is 9.99. The first kappa shape index (κ1) is 31.5. The van der Waals surface area contributed by atoms with Crippen LogP contribution in [0.1, 0.15) is 28.0 Å². The Morgan fingerprint density at radius 1 is 1.00 bits per heavy atom. The van der Waals surface area contributed by atoms with E-state index in [0.717, 1.165) is 31.7 Å². The van der Waals surface area contributed by atoms with Gasteiger partial charge >= 0.3 is 24.3 Å². The molecule has 218 valence electrons. The summed E-state index contributed by atoms with van der Waals surface area (Å²) in [5, 5.41) is 18.4. The number of imidazole rings is 1. The van der Waals surface area contributed by atoms with E-state index in [-0.39, 0.29) is 17.8 Å². The number of fused-ring (bicyclic) bond motifs is 3. The van der Waals surface area contributed by atoms with Crippen molar-refractivity contribution in [1.29, 1.82) is 0 Å². The molecule has 2 aromatic heterocycles. The van der Waals surface area contributed by atoms with E-state index in [1.807, 2.05) is 11.2 Å². The van der Waals surface area contributed by atoms with E-state index < -0.39 is 24.3 Å². The number of carboxylic acids is 2. The first-order chi connectivity index (χ1) is 18.1. The van der Waals surface area contributed by atoms with E-state index in [9.17, 15) is 31.1 Å². The van der Waals surface area contributed by atoms with E-state index in [4.69, 9.17) is 24.5 Å². The molecule has 2 aliphatic heterocycles. The monoisotopic (exact) mass is 573 g/mol. The van der Waals surface area contributed by atoms with E-state index >= 15 is 0 Å². The zero-order valence-electron chi connectivity index (χ0n) is 20.6. The van der Waals surface area contributed by atoms with Crippen molar-refractivity contribution in [3.05, 3.63) is 29.9 Å². The van der Waals surface area contributed by atoms with E-state index in [1.54, 1.807) is 25.2 Å². The molecule has 0 saturated carbocycles. The maximum absolute atomic E-state index is 12.7. The number of alkyl halides is 6. The van der Waals surface area contributed by atoms with Gasteiger partial charge in [0.1, 0.15) is 6.33 Å². The highest BCUT2D eigenvalue weighted by Gasteiger charge is 2.39. The highest BCUT2D eigenvalue weighted by molar-refractivity contribution is 5.90. The van der Waals surface area contributed by atoms with Crippen molar-refractivity contribution in [2.24, 2.45) is 7.05 Å². The third-order valence-electron chi connectivity index (χ3n) is 5.52. The molecule has 4 rings (SSSR count). The molecular formula is C20H25F6N7O6. The molecule has 39 heavy (non-hydrogen) atoms. The minimum atomic E-state index is -5.08. The summed E-state index contributed by atoms with van der Waals surface area (Å²) in [6.07, 6.45) is -5.72. The molecular weight excluding hydrogens is 548 g/mol. The zero-order valence-corrected chi connectivity index (χ0v) is 20.6. The highest BCUT2D eigenvalue weighted by atomic mass is 19.4. The maximum Gasteiger partial charge on any atom is 0.490 e. The third-order valence-corrected chi connectivity index (χ3v) is 5.52. The van der Waals surface area contributed by atoms with Gasteiger partial charge in [-0.3, -0.25) is 14.4 Å². The number of carbonyl (C=O) groups excluding carboxylic acids is 1. The predicted molar refractivity (Wildman–Crippen MR) is 116 cm³/mol. The van der Waals surface area contributed by atoms with Crippen LogP contribution in [0.2, 0.25) is 0 Å². The molecule has 2 aliphatic rings. The molecule has 2 N–H and O–H groups in total. The largest absolute Gasteiger partial charge is 0.490 e. The molecule has 4 heterocycles. The van der Waals surface area contributed by atoms with Crippen LogP contribution in [0.4, 0.5) is 26.3 Å². The average Bonchev–Trinajstić information content (AvgIpc) is 3.47. The highest BCUT2D eigenvalue weighted by Crippen LogP contribution is 2.32. The van der Waals surface area contributed by atoms with Gasteiger partial charge in [-0.2, -0.15) is 26.3 Å². The standard InChI is InChI=1S/C16H23N7O2.2C2HF3O2/c1-20-10-18-15(19-20)16(24)22-6-5-21-4-3-12-14(13(21)9-22)17-11-23(12)7-8-25-2;2*3-2(4,5)1(6)7/h10-11,13H,3-9H2,1-2H3;2*(H,6,7). The van der Waals surface area contributed by atoms with Crippen LogP contribution < -0.4 is 0 Å². The van der Waals surface area contributed by atoms with Crippen LogP contribution in [-0.2, 0) is 34.3 Å². The van der Waals surface area contributed by atoms with Crippen LogP contribution >= 0.6 is 0 Å². The summed E-state index contributed by atoms with van der Waals surface area (Å²) in [5.41, 5.74) is 2.36. The van der Waals surface area contributed by atoms with Gasteiger partial charge in [-0.05, 0) is 0 Å². The summed E-state index contributed by atoms with van der Waals surface area (Å²) in [7, 11) is 3.48. The Morgan fingerprint density at radius 3 is 2.08 bits per heavy atom. The number of hydrogen-bond donors (Lipinski definition) is 2. The Morgan fingerprint density at radius 2 is 1.59 bits per heavy atom. The van der Waals surface area contributed by atoms with Crippen molar-refractivity contribution in [3.63, 3.8) is 0 Å². The summed E-state index contributed by atoms with van der Waals surface area (Å²) in [4.78, 5) is 43.5. The van der Waals surface area contributed by atoms with Crippen molar-refractivity contribution in [1.82, 2.24) is 34.1 Å². The smallest absolute Gasteiger partial charge is 0.475 e. The van der Waals surface area contributed by atoms with Crippen LogP contribution in [0.25, 0.3) is 0 Å². The van der Waals surface area contributed by atoms with Gasteiger partial charge in [0.25, 0.3) is 5.91 Å². The number of nitrogens with zero attached hydrogens (tertiary/aromatic N) is 7. The van der Waals surface area contributed by atoms with Crippen LogP contribution in [0.15, 0.2) is 12.7 Å². The van der Waals surface area contributed by atoms with Crippen molar-refractivity contribution < 1.29 is 55.7 Å². The topological polar surface area (TPSA) is 156 Å². The number of carbonyl (C=O) groups is 3. The number of aryl methyl sites for hydroxylation is 1. The Bertz CT molecular complexity index is 1130. The maximum atomic E-state index is 12.7. The number of ether oxygens (including phenoxy) is 1. The lowest BCUT2D eigenvalue weighted by Gasteiger charge is -2.43. The summed E-state index contributed by atoms with van der Waals surface area (Å²) in [5.74, 6) is -5.36. The summed E-state index contributed by atoms with van der Waals surface area (Å²) >= 11 is 0. The number of aliphatic carboxylic acids is 2. The Hall–Kier alpha value is -3.74. The van der Waals surface area contributed by atoms with Crippen molar-refractivity contribution in [2.75, 3.05) is 39.9 Å². The number of methoxy groups -OCH3 is 1. The molecule has 1 unspecified atom stereocenters. The van der Waals surface area contributed by atoms with Gasteiger partial charge in [0, 0.05) is 59.0 Å². The van der Waals surface area contributed by atoms with E-state index in [1.165, 1.54) is 5.69 Å². The molecule has 1 fully saturated rings. The van der Waals surface area contributed by atoms with E-state index in [2.05, 4.69) is 24.5 Å². The fourth-order valence-electron chi connectivity index (χ4n) is 3.72. The quantitative estimate of drug-likeness (QED) is 0.506. The molecule has 0 radical (unpaired) electrons. The summed E-state index contributed by atoms with van der Waals surface area (Å²) < 4.78 is 72.4. The SMILES string of the molecule is COCCn1cnc2c1CCN1CCN(C(=O)c3ncn(C)n3)CC21.O=C(O)C(F)(F)F.O=C(O)C(F)(F)F. The molecule has 1 amide bonds. The molecule has 0 bridgehead atoms. The molecule has 0 aliphatic carbocycles. The molecule has 1 atom stereocenters. The normalized spacial score (nSPS) is 17.1. The average molecular weight is 573 g/mol. The fraction of sp³-hybridized carbons (Fsp3) is 0.600. The van der Waals surface area contributed by atoms with Crippen molar-refractivity contribution >= 4 is 17.8 Å². The Balaban J connectivity index is 0.000000317. The zero-order chi connectivity index (χ0) is 29.5. The first-order valence-corrected chi connectivity index (χ1v) is 11.1. The fourth-order valence-corrected chi connectivity index (χ4v) is 3.72. The predicted octanol–water partition coefficient (Wildman–Crippen LogP) is 0.980. The van der Waals surface area contributed by atoms with Gasteiger partial charge in [0.15, 0.2) is 0 Å². The first-order valence-electron chi connectivity index (χ1n) is 11.1. The second kappa shape index (κ2) is 12.9. The number of hydrogen-bond acceptors (Lipinski definition) is 8. The third kappa shape index (κ3) is 8.63. The molecule has 0 aromatic carbocycles. The number of rotatable bonds is 4. The van der Waals surface area contributed by atoms with Crippen LogP contribution in [0.5, 0.6) is 0 Å². The van der Waals surface area contributed by atoms with Crippen LogP contribution in [0, 0.1) is 0 Å². The van der Waals surface area contributed by atoms with Gasteiger partial charge in [0.2, 0.25) is 5.82 Å². The molecule has 13 nitrogen and oxygen atoms in total. The summed E-state index contributed by atoms with van der Waals surface area (Å²) in [6.45, 7) is 4.67. The van der Waals surface area contributed by atoms with Gasteiger partial charge in [-0.1, -0.05) is 0 Å². The van der Waals surface area contributed by atoms with Crippen molar-refractivity contribution in [2.45, 2.75) is 31.4 Å². The number of aromatic nitrogens is 5. The minimum Gasteiger partial charge on any atom is -0.475 e. The number of carboxylic acid groups (broad SMARTS) is 2. The lowest BCUT2D eigenvalue weighted by Crippen LogP contribution is -2.52. The number of amides is 1. The van der Waals surface area contributed by atoms with Gasteiger partial charge in [-0.15, -0.1) is 5.10 Å². The minimum absolute atomic E-state index is 0.105.